The molecule has 1 N–H and O–H groups in total. The Morgan fingerprint density at radius 2 is 1.79 bits per heavy atom. The van der Waals surface area contributed by atoms with E-state index in [0.717, 1.165) is 25.2 Å². The number of aliphatic imine (C=N–C) groups is 1. The zero-order valence-corrected chi connectivity index (χ0v) is 18.2. The van der Waals surface area contributed by atoms with Crippen LogP contribution in [0.1, 0.15) is 30.8 Å². The largest absolute Gasteiger partial charge is 0.354 e. The maximum absolute atomic E-state index is 12.0. The first-order valence-electron chi connectivity index (χ1n) is 10.1. The fraction of sp³-hybridized carbons (Fsp3) is 0.524. The zero-order valence-electron chi connectivity index (χ0n) is 18.2. The topological polar surface area (TPSA) is 78.7 Å². The van der Waals surface area contributed by atoms with Gasteiger partial charge in [-0.05, 0) is 17.5 Å². The Labute approximate surface area is 173 Å². The van der Waals surface area contributed by atoms with Crippen LogP contribution in [-0.2, 0) is 30.7 Å². The predicted octanol–water partition coefficient (Wildman–Crippen LogP) is 1.57. The Hall–Kier alpha value is -2.90. The maximum atomic E-state index is 12.0. The van der Waals surface area contributed by atoms with Crippen molar-refractivity contribution >= 4 is 11.9 Å². The fourth-order valence-electron chi connectivity index (χ4n) is 2.85. The first-order chi connectivity index (χ1) is 13.9. The van der Waals surface area contributed by atoms with Gasteiger partial charge in [0.2, 0.25) is 5.91 Å². The van der Waals surface area contributed by atoms with Gasteiger partial charge >= 0.3 is 0 Å². The number of likely N-dealkylation sites (N-methyl/N-ethyl adjacent to an activating group) is 1. The molecule has 0 fully saturated rings. The summed E-state index contributed by atoms with van der Waals surface area (Å²) in [7, 11) is 5.46. The van der Waals surface area contributed by atoms with Gasteiger partial charge in [0, 0.05) is 47.2 Å². The van der Waals surface area contributed by atoms with Gasteiger partial charge in [0.05, 0.1) is 0 Å². The number of rotatable bonds is 9. The number of nitrogens with zero attached hydrogens (tertiary/aromatic N) is 6. The van der Waals surface area contributed by atoms with Gasteiger partial charge in [-0.25, -0.2) is 4.99 Å². The normalized spacial score (nSPS) is 11.4. The summed E-state index contributed by atoms with van der Waals surface area (Å²) >= 11 is 0. The Morgan fingerprint density at radius 3 is 2.41 bits per heavy atom. The number of guanidine groups is 1. The summed E-state index contributed by atoms with van der Waals surface area (Å²) in [6.07, 6.45) is 3.61. The zero-order chi connectivity index (χ0) is 21.2. The first kappa shape index (κ1) is 22.4. The number of carbonyl (C=O) groups excluding carboxylic acids is 1. The predicted molar refractivity (Wildman–Crippen MR) is 116 cm³/mol. The minimum absolute atomic E-state index is 0.0305. The number of amides is 1. The molecule has 1 aromatic heterocycles. The molecule has 0 bridgehead atoms. The van der Waals surface area contributed by atoms with Crippen LogP contribution < -0.4 is 5.32 Å². The van der Waals surface area contributed by atoms with Crippen molar-refractivity contribution in [1.82, 2.24) is 29.9 Å². The third kappa shape index (κ3) is 6.89. The van der Waals surface area contributed by atoms with Gasteiger partial charge in [-0.2, -0.15) is 0 Å². The molecule has 0 atom stereocenters. The van der Waals surface area contributed by atoms with Crippen LogP contribution in [0.15, 0.2) is 35.6 Å². The molecule has 1 aromatic carbocycles. The van der Waals surface area contributed by atoms with Crippen LogP contribution in [0.4, 0.5) is 0 Å². The standard InChI is InChI=1S/C21H33N7O/c1-6-17-8-10-18(11-9-17)15-27(5)21(23-14-20(29)26(3)4)22-12-13-28-16-24-25-19(28)7-2/h8-11,16H,6-7,12-15H2,1-5H3,(H,22,23). The summed E-state index contributed by atoms with van der Waals surface area (Å²) < 4.78 is 2.03. The van der Waals surface area contributed by atoms with Gasteiger partial charge in [0.25, 0.3) is 0 Å². The van der Waals surface area contributed by atoms with E-state index in [9.17, 15) is 4.79 Å². The van der Waals surface area contributed by atoms with Crippen LogP contribution in [0.2, 0.25) is 0 Å². The van der Waals surface area contributed by atoms with E-state index in [0.29, 0.717) is 19.0 Å². The molecule has 0 saturated heterocycles. The second-order valence-electron chi connectivity index (χ2n) is 7.18. The molecule has 0 aliphatic carbocycles. The monoisotopic (exact) mass is 399 g/mol. The highest BCUT2D eigenvalue weighted by Gasteiger charge is 2.10. The van der Waals surface area contributed by atoms with E-state index >= 15 is 0 Å². The molecule has 0 aliphatic rings. The second kappa shape index (κ2) is 11.2. The van der Waals surface area contributed by atoms with Crippen LogP contribution in [0.5, 0.6) is 0 Å². The minimum Gasteiger partial charge on any atom is -0.354 e. The number of benzene rings is 1. The van der Waals surface area contributed by atoms with Crippen LogP contribution in [-0.4, -0.2) is 70.7 Å². The van der Waals surface area contributed by atoms with Crippen molar-refractivity contribution in [3.05, 3.63) is 47.5 Å². The molecule has 8 nitrogen and oxygen atoms in total. The van der Waals surface area contributed by atoms with Crippen molar-refractivity contribution in [3.8, 4) is 0 Å². The lowest BCUT2D eigenvalue weighted by atomic mass is 10.1. The van der Waals surface area contributed by atoms with Gasteiger partial charge in [-0.3, -0.25) is 4.79 Å². The van der Waals surface area contributed by atoms with Crippen LogP contribution in [0.3, 0.4) is 0 Å². The molecule has 1 amide bonds. The molecular formula is C21H33N7O. The average molecular weight is 400 g/mol. The molecule has 0 aliphatic heterocycles. The first-order valence-corrected chi connectivity index (χ1v) is 10.1. The SMILES string of the molecule is CCc1ccc(CN(C)C(=NCC(=O)N(C)C)NCCn2cnnc2CC)cc1. The summed E-state index contributed by atoms with van der Waals surface area (Å²) in [6, 6.07) is 8.59. The molecule has 2 rings (SSSR count). The van der Waals surface area contributed by atoms with Crippen molar-refractivity contribution in [2.24, 2.45) is 4.99 Å². The van der Waals surface area contributed by atoms with E-state index in [1.807, 2.05) is 16.5 Å². The lowest BCUT2D eigenvalue weighted by molar-refractivity contribution is -0.127. The van der Waals surface area contributed by atoms with Crippen molar-refractivity contribution in [2.75, 3.05) is 34.2 Å². The van der Waals surface area contributed by atoms with Crippen molar-refractivity contribution in [2.45, 2.75) is 39.8 Å². The average Bonchev–Trinajstić information content (AvgIpc) is 3.18. The number of carbonyl (C=O) groups is 1. The molecule has 158 valence electrons. The third-order valence-corrected chi connectivity index (χ3v) is 4.72. The van der Waals surface area contributed by atoms with Crippen LogP contribution >= 0.6 is 0 Å². The molecular weight excluding hydrogens is 366 g/mol. The number of aromatic nitrogens is 3. The highest BCUT2D eigenvalue weighted by Crippen LogP contribution is 2.07. The van der Waals surface area contributed by atoms with E-state index in [1.54, 1.807) is 25.3 Å². The summed E-state index contributed by atoms with van der Waals surface area (Å²) in [5.41, 5.74) is 2.52. The quantitative estimate of drug-likeness (QED) is 0.511. The van der Waals surface area contributed by atoms with E-state index in [-0.39, 0.29) is 12.5 Å². The second-order valence-corrected chi connectivity index (χ2v) is 7.18. The van der Waals surface area contributed by atoms with Gasteiger partial charge in [0.1, 0.15) is 18.7 Å². The summed E-state index contributed by atoms with van der Waals surface area (Å²) in [4.78, 5) is 20.1. The number of aryl methyl sites for hydroxylation is 2. The lowest BCUT2D eigenvalue weighted by Gasteiger charge is -2.23. The Kier molecular flexibility index (Phi) is 8.64. The summed E-state index contributed by atoms with van der Waals surface area (Å²) in [5, 5.41) is 11.5. The fourth-order valence-corrected chi connectivity index (χ4v) is 2.85. The van der Waals surface area contributed by atoms with Gasteiger partial charge in [-0.1, -0.05) is 38.1 Å². The molecule has 0 spiro atoms. The Balaban J connectivity index is 2.04. The van der Waals surface area contributed by atoms with Crippen molar-refractivity contribution in [1.29, 1.82) is 0 Å². The highest BCUT2D eigenvalue weighted by molar-refractivity contribution is 5.84. The van der Waals surface area contributed by atoms with E-state index in [4.69, 9.17) is 0 Å². The number of hydrogen-bond donors (Lipinski definition) is 1. The van der Waals surface area contributed by atoms with E-state index < -0.39 is 0 Å². The highest BCUT2D eigenvalue weighted by atomic mass is 16.2. The maximum Gasteiger partial charge on any atom is 0.243 e. The van der Waals surface area contributed by atoms with Crippen LogP contribution in [0.25, 0.3) is 0 Å². The smallest absolute Gasteiger partial charge is 0.243 e. The Bertz CT molecular complexity index is 796. The molecule has 29 heavy (non-hydrogen) atoms. The third-order valence-electron chi connectivity index (χ3n) is 4.72. The number of nitrogens with one attached hydrogen (secondary N) is 1. The number of hydrogen-bond acceptors (Lipinski definition) is 4. The van der Waals surface area contributed by atoms with Crippen LogP contribution in [0, 0.1) is 0 Å². The van der Waals surface area contributed by atoms with Gasteiger partial charge < -0.3 is 19.7 Å². The van der Waals surface area contributed by atoms with Gasteiger partial charge in [-0.15, -0.1) is 10.2 Å². The Morgan fingerprint density at radius 1 is 1.10 bits per heavy atom. The van der Waals surface area contributed by atoms with E-state index in [2.05, 4.69) is 58.6 Å². The minimum atomic E-state index is -0.0305. The molecule has 1 heterocycles. The lowest BCUT2D eigenvalue weighted by Crippen LogP contribution is -2.41. The summed E-state index contributed by atoms with van der Waals surface area (Å²) in [5.74, 6) is 1.63. The summed E-state index contributed by atoms with van der Waals surface area (Å²) in [6.45, 7) is 6.43. The molecule has 2 aromatic rings. The van der Waals surface area contributed by atoms with Gasteiger partial charge in [0.15, 0.2) is 5.96 Å². The van der Waals surface area contributed by atoms with Crippen molar-refractivity contribution in [3.63, 3.8) is 0 Å². The van der Waals surface area contributed by atoms with Crippen molar-refractivity contribution < 1.29 is 4.79 Å². The van der Waals surface area contributed by atoms with E-state index in [1.165, 1.54) is 11.1 Å². The molecule has 0 radical (unpaired) electrons. The molecule has 0 unspecified atom stereocenters. The molecule has 0 saturated carbocycles. The molecule has 8 heteroatoms.